The highest BCUT2D eigenvalue weighted by Crippen LogP contribution is 2.46. The van der Waals surface area contributed by atoms with Crippen LogP contribution in [0.5, 0.6) is 0 Å². The highest BCUT2D eigenvalue weighted by atomic mass is 15.2. The molecule has 0 amide bonds. The van der Waals surface area contributed by atoms with Crippen molar-refractivity contribution >= 4 is 11.8 Å². The van der Waals surface area contributed by atoms with E-state index in [1.165, 1.54) is 19.3 Å². The van der Waals surface area contributed by atoms with Gasteiger partial charge in [0.2, 0.25) is 5.95 Å². The van der Waals surface area contributed by atoms with Crippen LogP contribution >= 0.6 is 0 Å². The number of hydrogen-bond donors (Lipinski definition) is 1. The largest absolute Gasteiger partial charge is 0.367 e. The normalized spacial score (nSPS) is 21.5. The quantitative estimate of drug-likeness (QED) is 0.916. The standard InChI is InChI=1S/C16H28N4/c1-15(2)9-12(10-16(3,4)11-15)18-13-7-8-17-14(19-13)20(5)6/h7-8,12H,9-11H2,1-6H3,(H,17,18,19). The first-order valence-corrected chi connectivity index (χ1v) is 7.44. The molecule has 4 heteroatoms. The molecule has 0 spiro atoms. The molecule has 0 aliphatic heterocycles. The van der Waals surface area contributed by atoms with Gasteiger partial charge >= 0.3 is 0 Å². The fraction of sp³-hybridized carbons (Fsp3) is 0.750. The summed E-state index contributed by atoms with van der Waals surface area (Å²) in [6, 6.07) is 2.44. The molecule has 1 aromatic rings. The van der Waals surface area contributed by atoms with Gasteiger partial charge in [-0.15, -0.1) is 0 Å². The third kappa shape index (κ3) is 3.84. The first-order chi connectivity index (χ1) is 9.17. The van der Waals surface area contributed by atoms with E-state index in [1.807, 2.05) is 31.3 Å². The molecule has 0 atom stereocenters. The van der Waals surface area contributed by atoms with Crippen LogP contribution in [0.25, 0.3) is 0 Å². The van der Waals surface area contributed by atoms with Crippen LogP contribution in [-0.4, -0.2) is 30.1 Å². The second-order valence-electron chi connectivity index (χ2n) is 7.89. The van der Waals surface area contributed by atoms with Gasteiger partial charge in [0.05, 0.1) is 0 Å². The lowest BCUT2D eigenvalue weighted by molar-refractivity contribution is 0.105. The topological polar surface area (TPSA) is 41.1 Å². The van der Waals surface area contributed by atoms with Crippen LogP contribution in [0.2, 0.25) is 0 Å². The minimum Gasteiger partial charge on any atom is -0.367 e. The van der Waals surface area contributed by atoms with Gasteiger partial charge in [-0.3, -0.25) is 0 Å². The van der Waals surface area contributed by atoms with Crippen molar-refractivity contribution in [2.24, 2.45) is 10.8 Å². The lowest BCUT2D eigenvalue weighted by atomic mass is 9.63. The highest BCUT2D eigenvalue weighted by molar-refractivity contribution is 5.41. The third-order valence-electron chi connectivity index (χ3n) is 3.95. The number of aromatic nitrogens is 2. The molecule has 1 aliphatic carbocycles. The molecule has 0 radical (unpaired) electrons. The Kier molecular flexibility index (Phi) is 3.94. The minimum absolute atomic E-state index is 0.386. The molecular formula is C16H28N4. The summed E-state index contributed by atoms with van der Waals surface area (Å²) in [5.41, 5.74) is 0.771. The van der Waals surface area contributed by atoms with E-state index >= 15 is 0 Å². The van der Waals surface area contributed by atoms with Gasteiger partial charge < -0.3 is 10.2 Å². The third-order valence-corrected chi connectivity index (χ3v) is 3.95. The van der Waals surface area contributed by atoms with Gasteiger partial charge in [-0.1, -0.05) is 27.7 Å². The fourth-order valence-electron chi connectivity index (χ4n) is 3.80. The van der Waals surface area contributed by atoms with Crippen LogP contribution in [0.1, 0.15) is 47.0 Å². The summed E-state index contributed by atoms with van der Waals surface area (Å²) < 4.78 is 0. The first kappa shape index (κ1) is 15.1. The predicted molar refractivity (Wildman–Crippen MR) is 85.2 cm³/mol. The minimum atomic E-state index is 0.386. The Morgan fingerprint density at radius 1 is 1.15 bits per heavy atom. The van der Waals surface area contributed by atoms with Crippen molar-refractivity contribution in [3.8, 4) is 0 Å². The van der Waals surface area contributed by atoms with E-state index in [9.17, 15) is 0 Å². The Morgan fingerprint density at radius 2 is 1.75 bits per heavy atom. The molecule has 0 bridgehead atoms. The van der Waals surface area contributed by atoms with Crippen molar-refractivity contribution in [2.75, 3.05) is 24.3 Å². The van der Waals surface area contributed by atoms with Gasteiger partial charge in [-0.2, -0.15) is 4.98 Å². The molecule has 1 aliphatic rings. The van der Waals surface area contributed by atoms with Crippen LogP contribution in [0.3, 0.4) is 0 Å². The van der Waals surface area contributed by atoms with Gasteiger partial charge in [0.25, 0.3) is 0 Å². The molecule has 1 aromatic heterocycles. The van der Waals surface area contributed by atoms with E-state index in [1.54, 1.807) is 0 Å². The SMILES string of the molecule is CN(C)c1nccc(NC2CC(C)(C)CC(C)(C)C2)n1. The smallest absolute Gasteiger partial charge is 0.226 e. The Bertz CT molecular complexity index is 449. The highest BCUT2D eigenvalue weighted by Gasteiger charge is 2.38. The number of rotatable bonds is 3. The maximum Gasteiger partial charge on any atom is 0.226 e. The fourth-order valence-corrected chi connectivity index (χ4v) is 3.80. The van der Waals surface area contributed by atoms with E-state index in [-0.39, 0.29) is 0 Å². The molecule has 4 nitrogen and oxygen atoms in total. The Hall–Kier alpha value is -1.32. The van der Waals surface area contributed by atoms with Gasteiger partial charge in [-0.25, -0.2) is 4.98 Å². The van der Waals surface area contributed by atoms with Crippen LogP contribution in [-0.2, 0) is 0 Å². The average molecular weight is 276 g/mol. The first-order valence-electron chi connectivity index (χ1n) is 7.44. The van der Waals surface area contributed by atoms with E-state index in [2.05, 4.69) is 43.0 Å². The summed E-state index contributed by atoms with van der Waals surface area (Å²) in [5.74, 6) is 1.69. The number of anilines is 2. The van der Waals surface area contributed by atoms with Crippen LogP contribution in [0.4, 0.5) is 11.8 Å². The second-order valence-corrected chi connectivity index (χ2v) is 7.89. The van der Waals surface area contributed by atoms with Gasteiger partial charge in [0, 0.05) is 26.3 Å². The molecule has 0 aromatic carbocycles. The maximum atomic E-state index is 4.57. The molecule has 1 N–H and O–H groups in total. The van der Waals surface area contributed by atoms with Gasteiger partial charge in [0.1, 0.15) is 5.82 Å². The lowest BCUT2D eigenvalue weighted by Gasteiger charge is -2.45. The molecule has 1 saturated carbocycles. The Morgan fingerprint density at radius 3 is 2.30 bits per heavy atom. The summed E-state index contributed by atoms with van der Waals surface area (Å²) in [6.07, 6.45) is 5.49. The Labute approximate surface area is 123 Å². The predicted octanol–water partition coefficient (Wildman–Crippen LogP) is 3.56. The number of hydrogen-bond acceptors (Lipinski definition) is 4. The zero-order valence-corrected chi connectivity index (χ0v) is 13.7. The molecule has 112 valence electrons. The van der Waals surface area contributed by atoms with Crippen molar-refractivity contribution in [3.63, 3.8) is 0 Å². The van der Waals surface area contributed by atoms with Crippen LogP contribution in [0.15, 0.2) is 12.3 Å². The molecule has 1 heterocycles. The van der Waals surface area contributed by atoms with Crippen molar-refractivity contribution in [1.82, 2.24) is 9.97 Å². The van der Waals surface area contributed by atoms with Gasteiger partial charge in [-0.05, 0) is 36.2 Å². The van der Waals surface area contributed by atoms with Crippen LogP contribution in [0, 0.1) is 10.8 Å². The number of nitrogens with zero attached hydrogens (tertiary/aromatic N) is 3. The summed E-state index contributed by atoms with van der Waals surface area (Å²) in [5, 5.41) is 3.61. The van der Waals surface area contributed by atoms with Crippen molar-refractivity contribution < 1.29 is 0 Å². The molecule has 0 saturated heterocycles. The summed E-state index contributed by atoms with van der Waals surface area (Å²) in [6.45, 7) is 9.48. The molecule has 1 fully saturated rings. The van der Waals surface area contributed by atoms with E-state index in [0.717, 1.165) is 11.8 Å². The van der Waals surface area contributed by atoms with Crippen molar-refractivity contribution in [2.45, 2.75) is 53.0 Å². The molecule has 20 heavy (non-hydrogen) atoms. The Balaban J connectivity index is 2.11. The second kappa shape index (κ2) is 5.23. The van der Waals surface area contributed by atoms with Crippen molar-refractivity contribution in [3.05, 3.63) is 12.3 Å². The monoisotopic (exact) mass is 276 g/mol. The van der Waals surface area contributed by atoms with E-state index in [0.29, 0.717) is 16.9 Å². The molecular weight excluding hydrogens is 248 g/mol. The van der Waals surface area contributed by atoms with Gasteiger partial charge in [0.15, 0.2) is 0 Å². The maximum absolute atomic E-state index is 4.57. The summed E-state index contributed by atoms with van der Waals surface area (Å²) in [4.78, 5) is 10.8. The van der Waals surface area contributed by atoms with Crippen LogP contribution < -0.4 is 10.2 Å². The lowest BCUT2D eigenvalue weighted by Crippen LogP contribution is -2.40. The molecule has 0 unspecified atom stereocenters. The summed E-state index contributed by atoms with van der Waals surface area (Å²) in [7, 11) is 3.93. The summed E-state index contributed by atoms with van der Waals surface area (Å²) >= 11 is 0. The molecule has 2 rings (SSSR count). The van der Waals surface area contributed by atoms with E-state index < -0.39 is 0 Å². The van der Waals surface area contributed by atoms with E-state index in [4.69, 9.17) is 0 Å². The zero-order valence-electron chi connectivity index (χ0n) is 13.7. The van der Waals surface area contributed by atoms with Crippen molar-refractivity contribution in [1.29, 1.82) is 0 Å². The average Bonchev–Trinajstić information content (AvgIpc) is 2.24. The zero-order chi connectivity index (χ0) is 15.0. The number of nitrogens with one attached hydrogen (secondary N) is 1.